The Balaban J connectivity index is 2.44. The summed E-state index contributed by atoms with van der Waals surface area (Å²) in [5.74, 6) is 1.34. The van der Waals surface area contributed by atoms with Crippen LogP contribution in [0.2, 0.25) is 0 Å². The fraction of sp³-hybridized carbons (Fsp3) is 0.167. The minimum Gasteiger partial charge on any atom is -0.504 e. The molecule has 0 saturated carbocycles. The number of hydrogen-bond donors (Lipinski definition) is 2. The standard InChI is InChI=1S/C12H12BrN3O2/c1-2-18-10-5-7(3-4-9(10)17)12-15-6-8(13)11(14)16-12/h3-6,17H,2H2,1H3,(H2,14,15,16). The maximum absolute atomic E-state index is 9.61. The van der Waals surface area contributed by atoms with Crippen molar-refractivity contribution in [2.24, 2.45) is 0 Å². The van der Waals surface area contributed by atoms with Crippen LogP contribution in [0.5, 0.6) is 11.5 Å². The molecule has 0 bridgehead atoms. The Morgan fingerprint density at radius 3 is 2.89 bits per heavy atom. The highest BCUT2D eigenvalue weighted by Crippen LogP contribution is 2.31. The van der Waals surface area contributed by atoms with Gasteiger partial charge in [0.05, 0.1) is 11.1 Å². The SMILES string of the molecule is CCOc1cc(-c2ncc(Br)c(N)n2)ccc1O. The molecule has 0 aliphatic rings. The Kier molecular flexibility index (Phi) is 3.66. The van der Waals surface area contributed by atoms with Gasteiger partial charge in [-0.2, -0.15) is 0 Å². The summed E-state index contributed by atoms with van der Waals surface area (Å²) in [6.07, 6.45) is 1.59. The third-order valence-corrected chi connectivity index (χ3v) is 2.90. The summed E-state index contributed by atoms with van der Waals surface area (Å²) in [6.45, 7) is 2.32. The maximum atomic E-state index is 9.61. The van der Waals surface area contributed by atoms with Gasteiger partial charge in [-0.15, -0.1) is 0 Å². The lowest BCUT2D eigenvalue weighted by Gasteiger charge is -2.08. The molecule has 5 nitrogen and oxygen atoms in total. The number of halogens is 1. The summed E-state index contributed by atoms with van der Waals surface area (Å²) < 4.78 is 5.95. The van der Waals surface area contributed by atoms with Crippen LogP contribution in [0.25, 0.3) is 11.4 Å². The number of anilines is 1. The van der Waals surface area contributed by atoms with Crippen molar-refractivity contribution in [3.05, 3.63) is 28.9 Å². The second-order valence-electron chi connectivity index (χ2n) is 3.54. The van der Waals surface area contributed by atoms with Gasteiger partial charge in [-0.3, -0.25) is 0 Å². The van der Waals surface area contributed by atoms with Crippen LogP contribution in [0.1, 0.15) is 6.92 Å². The van der Waals surface area contributed by atoms with Gasteiger partial charge in [0.15, 0.2) is 17.3 Å². The molecule has 0 saturated heterocycles. The number of nitrogens with zero attached hydrogens (tertiary/aromatic N) is 2. The van der Waals surface area contributed by atoms with Crippen molar-refractivity contribution < 1.29 is 9.84 Å². The number of aromatic hydroxyl groups is 1. The van der Waals surface area contributed by atoms with Gasteiger partial charge in [-0.25, -0.2) is 9.97 Å². The Bertz CT molecular complexity index is 575. The summed E-state index contributed by atoms with van der Waals surface area (Å²) >= 11 is 3.24. The molecule has 18 heavy (non-hydrogen) atoms. The summed E-state index contributed by atoms with van der Waals surface area (Å²) in [7, 11) is 0. The molecule has 6 heteroatoms. The van der Waals surface area contributed by atoms with Gasteiger partial charge in [-0.1, -0.05) is 0 Å². The smallest absolute Gasteiger partial charge is 0.161 e. The van der Waals surface area contributed by atoms with E-state index in [1.165, 1.54) is 0 Å². The second-order valence-corrected chi connectivity index (χ2v) is 4.40. The minimum absolute atomic E-state index is 0.0886. The first-order valence-electron chi connectivity index (χ1n) is 5.36. The van der Waals surface area contributed by atoms with Gasteiger partial charge >= 0.3 is 0 Å². The van der Waals surface area contributed by atoms with Crippen molar-refractivity contribution in [1.29, 1.82) is 0 Å². The highest BCUT2D eigenvalue weighted by atomic mass is 79.9. The first kappa shape index (κ1) is 12.6. The van der Waals surface area contributed by atoms with Gasteiger partial charge in [-0.05, 0) is 41.1 Å². The lowest BCUT2D eigenvalue weighted by Crippen LogP contribution is -1.97. The lowest BCUT2D eigenvalue weighted by atomic mass is 10.2. The maximum Gasteiger partial charge on any atom is 0.161 e. The molecule has 0 fully saturated rings. The lowest BCUT2D eigenvalue weighted by molar-refractivity contribution is 0.318. The summed E-state index contributed by atoms with van der Waals surface area (Å²) in [5.41, 5.74) is 6.44. The van der Waals surface area contributed by atoms with Crippen LogP contribution in [0, 0.1) is 0 Å². The van der Waals surface area contributed by atoms with Crippen LogP contribution in [0.4, 0.5) is 5.82 Å². The van der Waals surface area contributed by atoms with Crippen LogP contribution >= 0.6 is 15.9 Å². The number of benzene rings is 1. The van der Waals surface area contributed by atoms with E-state index in [0.29, 0.717) is 28.5 Å². The Labute approximate surface area is 113 Å². The zero-order valence-electron chi connectivity index (χ0n) is 9.72. The fourth-order valence-electron chi connectivity index (χ4n) is 1.44. The average molecular weight is 310 g/mol. The summed E-state index contributed by atoms with van der Waals surface area (Å²) in [5, 5.41) is 9.61. The molecule has 1 heterocycles. The average Bonchev–Trinajstić information content (AvgIpc) is 2.36. The van der Waals surface area contributed by atoms with Crippen LogP contribution < -0.4 is 10.5 Å². The van der Waals surface area contributed by atoms with Crippen molar-refractivity contribution in [1.82, 2.24) is 9.97 Å². The van der Waals surface area contributed by atoms with Gasteiger partial charge in [0.2, 0.25) is 0 Å². The molecule has 1 aromatic heterocycles. The predicted molar refractivity (Wildman–Crippen MR) is 72.4 cm³/mol. The van der Waals surface area contributed by atoms with Crippen molar-refractivity contribution in [2.45, 2.75) is 6.92 Å². The minimum atomic E-state index is 0.0886. The molecule has 0 spiro atoms. The number of nitrogens with two attached hydrogens (primary N) is 1. The number of phenols is 1. The van der Waals surface area contributed by atoms with Crippen LogP contribution in [0.3, 0.4) is 0 Å². The number of hydrogen-bond acceptors (Lipinski definition) is 5. The quantitative estimate of drug-likeness (QED) is 0.910. The van der Waals surface area contributed by atoms with E-state index in [4.69, 9.17) is 10.5 Å². The van der Waals surface area contributed by atoms with E-state index in [9.17, 15) is 5.11 Å². The number of rotatable bonds is 3. The van der Waals surface area contributed by atoms with E-state index in [-0.39, 0.29) is 5.75 Å². The first-order valence-corrected chi connectivity index (χ1v) is 6.15. The Hall–Kier alpha value is -1.82. The zero-order valence-corrected chi connectivity index (χ0v) is 11.3. The molecular weight excluding hydrogens is 298 g/mol. The molecule has 2 rings (SSSR count). The molecule has 94 valence electrons. The molecule has 1 aromatic carbocycles. The third-order valence-electron chi connectivity index (χ3n) is 2.29. The number of aromatic nitrogens is 2. The molecular formula is C12H12BrN3O2. The van der Waals surface area contributed by atoms with Crippen LogP contribution in [-0.2, 0) is 0 Å². The van der Waals surface area contributed by atoms with Gasteiger partial charge in [0.25, 0.3) is 0 Å². The van der Waals surface area contributed by atoms with Crippen LogP contribution in [-0.4, -0.2) is 21.7 Å². The molecule has 0 aliphatic heterocycles. The Morgan fingerprint density at radius 2 is 2.22 bits per heavy atom. The van der Waals surface area contributed by atoms with Gasteiger partial charge in [0, 0.05) is 11.8 Å². The van der Waals surface area contributed by atoms with Gasteiger partial charge in [0.1, 0.15) is 5.82 Å². The summed E-state index contributed by atoms with van der Waals surface area (Å²) in [4.78, 5) is 8.32. The number of nitrogen functional groups attached to an aromatic ring is 1. The molecule has 0 unspecified atom stereocenters. The van der Waals surface area contributed by atoms with E-state index in [1.54, 1.807) is 24.4 Å². The largest absolute Gasteiger partial charge is 0.504 e. The molecule has 0 amide bonds. The van der Waals surface area contributed by atoms with Gasteiger partial charge < -0.3 is 15.6 Å². The second kappa shape index (κ2) is 5.22. The van der Waals surface area contributed by atoms with E-state index < -0.39 is 0 Å². The zero-order chi connectivity index (χ0) is 13.1. The monoisotopic (exact) mass is 309 g/mol. The molecule has 2 aromatic rings. The highest BCUT2D eigenvalue weighted by Gasteiger charge is 2.08. The number of phenolic OH excluding ortho intramolecular Hbond substituents is 1. The first-order chi connectivity index (χ1) is 8.61. The van der Waals surface area contributed by atoms with E-state index >= 15 is 0 Å². The summed E-state index contributed by atoms with van der Waals surface area (Å²) in [6, 6.07) is 4.93. The van der Waals surface area contributed by atoms with Crippen molar-refractivity contribution in [3.63, 3.8) is 0 Å². The van der Waals surface area contributed by atoms with Crippen LogP contribution in [0.15, 0.2) is 28.9 Å². The van der Waals surface area contributed by atoms with E-state index in [2.05, 4.69) is 25.9 Å². The van der Waals surface area contributed by atoms with E-state index in [1.807, 2.05) is 6.92 Å². The third kappa shape index (κ3) is 2.53. The van der Waals surface area contributed by atoms with E-state index in [0.717, 1.165) is 5.56 Å². The van der Waals surface area contributed by atoms with Crippen molar-refractivity contribution in [3.8, 4) is 22.9 Å². The topological polar surface area (TPSA) is 81.3 Å². The molecule has 0 radical (unpaired) electrons. The normalized spacial score (nSPS) is 10.3. The Morgan fingerprint density at radius 1 is 1.44 bits per heavy atom. The highest BCUT2D eigenvalue weighted by molar-refractivity contribution is 9.10. The van der Waals surface area contributed by atoms with Crippen molar-refractivity contribution >= 4 is 21.7 Å². The molecule has 0 aliphatic carbocycles. The number of ether oxygens (including phenoxy) is 1. The molecule has 0 atom stereocenters. The molecule has 3 N–H and O–H groups in total. The van der Waals surface area contributed by atoms with Crippen molar-refractivity contribution in [2.75, 3.05) is 12.3 Å². The predicted octanol–water partition coefficient (Wildman–Crippen LogP) is 2.59. The fourth-order valence-corrected chi connectivity index (χ4v) is 1.63.